The summed E-state index contributed by atoms with van der Waals surface area (Å²) in [4.78, 5) is 9.65. The van der Waals surface area contributed by atoms with Gasteiger partial charge in [0.15, 0.2) is 5.82 Å². The van der Waals surface area contributed by atoms with E-state index in [9.17, 15) is 0 Å². The van der Waals surface area contributed by atoms with Crippen LogP contribution in [0.15, 0.2) is 30.3 Å². The largest absolute Gasteiger partial charge is 0.492 e. The van der Waals surface area contributed by atoms with Crippen LogP contribution in [0.2, 0.25) is 0 Å². The molecule has 1 aromatic heterocycles. The Labute approximate surface area is 156 Å². The topological polar surface area (TPSA) is 57.3 Å². The lowest BCUT2D eigenvalue weighted by Gasteiger charge is -2.29. The molecule has 6 heteroatoms. The molecule has 2 aromatic rings. The van der Waals surface area contributed by atoms with Crippen molar-refractivity contribution in [2.24, 2.45) is 5.92 Å². The number of rotatable bonds is 7. The molecule has 2 heterocycles. The van der Waals surface area contributed by atoms with Gasteiger partial charge in [-0.15, -0.1) is 0 Å². The van der Waals surface area contributed by atoms with Gasteiger partial charge in [0.05, 0.1) is 6.04 Å². The van der Waals surface area contributed by atoms with Gasteiger partial charge >= 0.3 is 0 Å². The summed E-state index contributed by atoms with van der Waals surface area (Å²) >= 11 is 0. The average molecular weight is 358 g/mol. The van der Waals surface area contributed by atoms with Crippen LogP contribution in [0.25, 0.3) is 0 Å². The molecular weight excluding hydrogens is 326 g/mol. The molecule has 1 N–H and O–H groups in total. The summed E-state index contributed by atoms with van der Waals surface area (Å²) in [6.45, 7) is 12.4. The monoisotopic (exact) mass is 357 g/mol. The first-order chi connectivity index (χ1) is 12.6. The molecule has 1 saturated heterocycles. The summed E-state index contributed by atoms with van der Waals surface area (Å²) in [6, 6.07) is 10.3. The van der Waals surface area contributed by atoms with Crippen LogP contribution in [0.5, 0.6) is 5.75 Å². The predicted octanol–water partition coefficient (Wildman–Crippen LogP) is 2.90. The van der Waals surface area contributed by atoms with Crippen LogP contribution >= 0.6 is 0 Å². The second-order valence-electron chi connectivity index (χ2n) is 7.48. The summed E-state index contributed by atoms with van der Waals surface area (Å²) < 4.78 is 5.87. The van der Waals surface area contributed by atoms with Gasteiger partial charge in [0.1, 0.15) is 18.2 Å². The first-order valence-corrected chi connectivity index (χ1v) is 9.65. The first kappa shape index (κ1) is 18.9. The fourth-order valence-corrected chi connectivity index (χ4v) is 3.55. The van der Waals surface area contributed by atoms with E-state index in [1.54, 1.807) is 0 Å². The van der Waals surface area contributed by atoms with Gasteiger partial charge in [0, 0.05) is 32.7 Å². The minimum Gasteiger partial charge on any atom is -0.492 e. The van der Waals surface area contributed by atoms with E-state index in [0.717, 1.165) is 63.1 Å². The third kappa shape index (κ3) is 5.29. The second-order valence-corrected chi connectivity index (χ2v) is 7.48. The number of hydrogen-bond donors (Lipinski definition) is 1. The van der Waals surface area contributed by atoms with Gasteiger partial charge in [-0.25, -0.2) is 4.98 Å². The Morgan fingerprint density at radius 3 is 2.69 bits per heavy atom. The zero-order valence-corrected chi connectivity index (χ0v) is 16.2. The highest BCUT2D eigenvalue weighted by molar-refractivity contribution is 5.20. The Morgan fingerprint density at radius 2 is 2.00 bits per heavy atom. The third-order valence-corrected chi connectivity index (χ3v) is 4.79. The van der Waals surface area contributed by atoms with Gasteiger partial charge in [0.25, 0.3) is 0 Å². The van der Waals surface area contributed by atoms with Crippen LogP contribution in [0, 0.1) is 12.8 Å². The molecule has 0 spiro atoms. The number of hydrogen-bond acceptors (Lipinski definition) is 5. The maximum Gasteiger partial charge on any atom is 0.167 e. The minimum absolute atomic E-state index is 0.294. The van der Waals surface area contributed by atoms with Gasteiger partial charge < -0.3 is 4.74 Å². The van der Waals surface area contributed by atoms with E-state index in [1.807, 2.05) is 37.3 Å². The molecule has 0 saturated carbocycles. The summed E-state index contributed by atoms with van der Waals surface area (Å²) in [5, 5.41) is 7.45. The van der Waals surface area contributed by atoms with Crippen LogP contribution in [0.1, 0.15) is 38.0 Å². The minimum atomic E-state index is 0.294. The van der Waals surface area contributed by atoms with Gasteiger partial charge in [-0.05, 0) is 31.4 Å². The highest BCUT2D eigenvalue weighted by atomic mass is 16.5. The Hall–Kier alpha value is -1.92. The van der Waals surface area contributed by atoms with E-state index in [0.29, 0.717) is 12.0 Å². The van der Waals surface area contributed by atoms with Crippen molar-refractivity contribution < 1.29 is 4.74 Å². The Kier molecular flexibility index (Phi) is 6.63. The van der Waals surface area contributed by atoms with E-state index >= 15 is 0 Å². The SMILES string of the molecule is Cc1nc(C2CCN(CCOc3ccccc3)CCN2CC(C)C)n[nH]1. The zero-order chi connectivity index (χ0) is 18.4. The number of aromatic amines is 1. The highest BCUT2D eigenvalue weighted by Gasteiger charge is 2.28. The molecule has 1 unspecified atom stereocenters. The van der Waals surface area contributed by atoms with Crippen LogP contribution in [0.3, 0.4) is 0 Å². The van der Waals surface area contributed by atoms with Crippen molar-refractivity contribution in [3.05, 3.63) is 42.0 Å². The summed E-state index contributed by atoms with van der Waals surface area (Å²) in [5.74, 6) is 3.40. The van der Waals surface area contributed by atoms with Crippen LogP contribution in [-0.4, -0.2) is 64.3 Å². The van der Waals surface area contributed by atoms with Crippen molar-refractivity contribution in [3.8, 4) is 5.75 Å². The molecule has 1 atom stereocenters. The van der Waals surface area contributed by atoms with E-state index < -0.39 is 0 Å². The van der Waals surface area contributed by atoms with Gasteiger partial charge in [-0.2, -0.15) is 5.10 Å². The number of aromatic nitrogens is 3. The molecule has 142 valence electrons. The van der Waals surface area contributed by atoms with E-state index in [4.69, 9.17) is 4.74 Å². The molecule has 6 nitrogen and oxygen atoms in total. The van der Waals surface area contributed by atoms with Crippen molar-refractivity contribution in [1.82, 2.24) is 25.0 Å². The van der Waals surface area contributed by atoms with Crippen LogP contribution in [-0.2, 0) is 0 Å². The van der Waals surface area contributed by atoms with E-state index in [-0.39, 0.29) is 0 Å². The smallest absolute Gasteiger partial charge is 0.167 e. The van der Waals surface area contributed by atoms with Gasteiger partial charge in [0.2, 0.25) is 0 Å². The summed E-state index contributed by atoms with van der Waals surface area (Å²) in [7, 11) is 0. The van der Waals surface area contributed by atoms with Crippen molar-refractivity contribution >= 4 is 0 Å². The number of para-hydroxylation sites is 1. The first-order valence-electron chi connectivity index (χ1n) is 9.65. The van der Waals surface area contributed by atoms with Crippen molar-refractivity contribution in [1.29, 1.82) is 0 Å². The molecule has 3 rings (SSSR count). The molecule has 1 aliphatic heterocycles. The molecule has 0 radical (unpaired) electrons. The normalized spacial score (nSPS) is 19.6. The average Bonchev–Trinajstić information content (AvgIpc) is 2.95. The van der Waals surface area contributed by atoms with E-state index in [2.05, 4.69) is 38.8 Å². The fraction of sp³-hybridized carbons (Fsp3) is 0.600. The maximum absolute atomic E-state index is 5.87. The molecule has 0 amide bonds. The van der Waals surface area contributed by atoms with Crippen LogP contribution in [0.4, 0.5) is 0 Å². The predicted molar refractivity (Wildman–Crippen MR) is 103 cm³/mol. The molecule has 1 fully saturated rings. The summed E-state index contributed by atoms with van der Waals surface area (Å²) in [5.41, 5.74) is 0. The third-order valence-electron chi connectivity index (χ3n) is 4.79. The lowest BCUT2D eigenvalue weighted by molar-refractivity contribution is 0.173. The quantitative estimate of drug-likeness (QED) is 0.826. The molecule has 1 aromatic carbocycles. The number of H-pyrrole nitrogens is 1. The maximum atomic E-state index is 5.87. The number of ether oxygens (including phenoxy) is 1. The standard InChI is InChI=1S/C20H31N5O/c1-16(2)15-25-12-11-24(13-14-26-18-7-5-4-6-8-18)10-9-19(25)20-21-17(3)22-23-20/h4-8,16,19H,9-15H2,1-3H3,(H,21,22,23). The molecule has 0 bridgehead atoms. The number of aryl methyl sites for hydroxylation is 1. The van der Waals surface area contributed by atoms with Gasteiger partial charge in [-0.1, -0.05) is 32.0 Å². The van der Waals surface area contributed by atoms with Gasteiger partial charge in [-0.3, -0.25) is 14.9 Å². The lowest BCUT2D eigenvalue weighted by Crippen LogP contribution is -2.36. The number of nitrogens with zero attached hydrogens (tertiary/aromatic N) is 4. The Morgan fingerprint density at radius 1 is 1.19 bits per heavy atom. The van der Waals surface area contributed by atoms with Crippen LogP contribution < -0.4 is 4.74 Å². The highest BCUT2D eigenvalue weighted by Crippen LogP contribution is 2.25. The molecular formula is C20H31N5O. The number of benzene rings is 1. The molecule has 1 aliphatic rings. The molecule has 26 heavy (non-hydrogen) atoms. The second kappa shape index (κ2) is 9.14. The van der Waals surface area contributed by atoms with Crippen molar-refractivity contribution in [3.63, 3.8) is 0 Å². The summed E-state index contributed by atoms with van der Waals surface area (Å²) in [6.07, 6.45) is 1.05. The molecule has 0 aliphatic carbocycles. The Balaban J connectivity index is 1.57. The lowest BCUT2D eigenvalue weighted by atomic mass is 10.1. The number of nitrogens with one attached hydrogen (secondary N) is 1. The van der Waals surface area contributed by atoms with E-state index in [1.165, 1.54) is 0 Å². The fourth-order valence-electron chi connectivity index (χ4n) is 3.55. The zero-order valence-electron chi connectivity index (χ0n) is 16.2. The van der Waals surface area contributed by atoms with Crippen molar-refractivity contribution in [2.45, 2.75) is 33.2 Å². The Bertz CT molecular complexity index is 657. The van der Waals surface area contributed by atoms with Crippen molar-refractivity contribution in [2.75, 3.05) is 39.3 Å².